The van der Waals surface area contributed by atoms with Crippen molar-refractivity contribution in [2.75, 3.05) is 0 Å². The van der Waals surface area contributed by atoms with Crippen LogP contribution in [0.2, 0.25) is 10.0 Å². The number of benzene rings is 1. The summed E-state index contributed by atoms with van der Waals surface area (Å²) in [5.41, 5.74) is 1.10. The highest BCUT2D eigenvalue weighted by molar-refractivity contribution is 6.35. The van der Waals surface area contributed by atoms with Crippen molar-refractivity contribution >= 4 is 29.0 Å². The minimum atomic E-state index is -0.0881. The lowest BCUT2D eigenvalue weighted by atomic mass is 10.1. The zero-order valence-corrected chi connectivity index (χ0v) is 10.5. The number of Topliss-reactive ketones (excluding diaryl/α,β-unsaturated/α-hetero) is 1. The third-order valence-electron chi connectivity index (χ3n) is 2.18. The van der Waals surface area contributed by atoms with E-state index in [1.54, 1.807) is 36.1 Å². The summed E-state index contributed by atoms with van der Waals surface area (Å²) in [6.07, 6.45) is 1.88. The van der Waals surface area contributed by atoms with Crippen LogP contribution in [-0.2, 0) is 13.5 Å². The summed E-state index contributed by atoms with van der Waals surface area (Å²) in [6, 6.07) is 4.76. The molecule has 0 saturated carbocycles. The molecule has 2 rings (SSSR count). The van der Waals surface area contributed by atoms with Gasteiger partial charge in [0.05, 0.1) is 12.1 Å². The Bertz CT molecular complexity index is 545. The molecular weight excluding hydrogens is 261 g/mol. The quantitative estimate of drug-likeness (QED) is 0.805. The van der Waals surface area contributed by atoms with E-state index in [0.717, 1.165) is 0 Å². The number of aromatic nitrogens is 3. The number of nitrogens with zero attached hydrogens (tertiary/aromatic N) is 3. The van der Waals surface area contributed by atoms with Crippen LogP contribution in [0.3, 0.4) is 0 Å². The SMILES string of the molecule is Cn1cc(CC(=O)c2cc(Cl)cc(Cl)c2)nn1. The van der Waals surface area contributed by atoms with Crippen LogP contribution in [0, 0.1) is 0 Å². The van der Waals surface area contributed by atoms with Crippen LogP contribution >= 0.6 is 23.2 Å². The minimum Gasteiger partial charge on any atom is -0.294 e. The molecule has 0 aliphatic heterocycles. The molecule has 17 heavy (non-hydrogen) atoms. The molecule has 0 spiro atoms. The van der Waals surface area contributed by atoms with E-state index in [-0.39, 0.29) is 12.2 Å². The fourth-order valence-corrected chi connectivity index (χ4v) is 1.98. The van der Waals surface area contributed by atoms with E-state index in [1.165, 1.54) is 0 Å². The Morgan fingerprint density at radius 3 is 2.47 bits per heavy atom. The average Bonchev–Trinajstić information content (AvgIpc) is 2.62. The first-order valence-corrected chi connectivity index (χ1v) is 5.64. The second-order valence-electron chi connectivity index (χ2n) is 3.64. The summed E-state index contributed by atoms with van der Waals surface area (Å²) < 4.78 is 1.55. The molecule has 88 valence electrons. The van der Waals surface area contributed by atoms with Gasteiger partial charge in [-0.15, -0.1) is 5.10 Å². The van der Waals surface area contributed by atoms with Crippen molar-refractivity contribution in [1.29, 1.82) is 0 Å². The largest absolute Gasteiger partial charge is 0.294 e. The molecule has 0 aliphatic rings. The molecule has 4 nitrogen and oxygen atoms in total. The van der Waals surface area contributed by atoms with Gasteiger partial charge in [-0.25, -0.2) is 0 Å². The summed E-state index contributed by atoms with van der Waals surface area (Å²) in [7, 11) is 1.75. The van der Waals surface area contributed by atoms with Crippen molar-refractivity contribution in [2.45, 2.75) is 6.42 Å². The van der Waals surface area contributed by atoms with E-state index in [1.807, 2.05) is 0 Å². The van der Waals surface area contributed by atoms with Gasteiger partial charge < -0.3 is 0 Å². The predicted molar refractivity (Wildman–Crippen MR) is 65.5 cm³/mol. The number of rotatable bonds is 3. The second-order valence-corrected chi connectivity index (χ2v) is 4.51. The van der Waals surface area contributed by atoms with Crippen LogP contribution in [0.4, 0.5) is 0 Å². The van der Waals surface area contributed by atoms with E-state index in [0.29, 0.717) is 21.3 Å². The maximum Gasteiger partial charge on any atom is 0.169 e. The van der Waals surface area contributed by atoms with Crippen molar-refractivity contribution in [3.63, 3.8) is 0 Å². The van der Waals surface area contributed by atoms with Crippen LogP contribution in [0.1, 0.15) is 16.1 Å². The maximum atomic E-state index is 11.9. The van der Waals surface area contributed by atoms with Gasteiger partial charge in [-0.3, -0.25) is 9.48 Å². The number of aryl methyl sites for hydroxylation is 1. The van der Waals surface area contributed by atoms with E-state index in [9.17, 15) is 4.79 Å². The van der Waals surface area contributed by atoms with E-state index in [2.05, 4.69) is 10.3 Å². The highest BCUT2D eigenvalue weighted by atomic mass is 35.5. The molecule has 0 bridgehead atoms. The molecule has 0 radical (unpaired) electrons. The average molecular weight is 270 g/mol. The van der Waals surface area contributed by atoms with Gasteiger partial charge in [0, 0.05) is 28.9 Å². The van der Waals surface area contributed by atoms with Gasteiger partial charge in [0.2, 0.25) is 0 Å². The van der Waals surface area contributed by atoms with E-state index in [4.69, 9.17) is 23.2 Å². The molecule has 0 atom stereocenters. The van der Waals surface area contributed by atoms with E-state index < -0.39 is 0 Å². The fraction of sp³-hybridized carbons (Fsp3) is 0.182. The zero-order valence-electron chi connectivity index (χ0n) is 9.02. The van der Waals surface area contributed by atoms with Gasteiger partial charge in [-0.05, 0) is 18.2 Å². The van der Waals surface area contributed by atoms with Gasteiger partial charge in [-0.1, -0.05) is 28.4 Å². The number of carbonyl (C=O) groups excluding carboxylic acids is 1. The smallest absolute Gasteiger partial charge is 0.169 e. The zero-order chi connectivity index (χ0) is 12.4. The van der Waals surface area contributed by atoms with Crippen LogP contribution in [0.15, 0.2) is 24.4 Å². The number of carbonyl (C=O) groups is 1. The third-order valence-corrected chi connectivity index (χ3v) is 2.61. The van der Waals surface area contributed by atoms with Gasteiger partial charge in [-0.2, -0.15) is 0 Å². The molecule has 0 amide bonds. The third kappa shape index (κ3) is 3.05. The number of hydrogen-bond donors (Lipinski definition) is 0. The van der Waals surface area contributed by atoms with Crippen LogP contribution in [-0.4, -0.2) is 20.8 Å². The maximum absolute atomic E-state index is 11.9. The topological polar surface area (TPSA) is 47.8 Å². The Kier molecular flexibility index (Phi) is 3.45. The summed E-state index contributed by atoms with van der Waals surface area (Å²) >= 11 is 11.7. The lowest BCUT2D eigenvalue weighted by molar-refractivity contribution is 0.0992. The molecule has 0 aliphatic carbocycles. The van der Waals surface area contributed by atoms with Gasteiger partial charge in [0.25, 0.3) is 0 Å². The van der Waals surface area contributed by atoms with Crippen molar-refractivity contribution in [1.82, 2.24) is 15.0 Å². The molecule has 1 aromatic heterocycles. The number of halogens is 2. The summed E-state index contributed by atoms with van der Waals surface area (Å²) in [5.74, 6) is -0.0881. The molecule has 1 aromatic carbocycles. The summed E-state index contributed by atoms with van der Waals surface area (Å²) in [6.45, 7) is 0. The molecule has 0 saturated heterocycles. The molecule has 2 aromatic rings. The summed E-state index contributed by atoms with van der Waals surface area (Å²) in [5, 5.41) is 8.50. The predicted octanol–water partition coefficient (Wildman–Crippen LogP) is 2.55. The Morgan fingerprint density at radius 1 is 1.29 bits per heavy atom. The normalized spacial score (nSPS) is 10.5. The van der Waals surface area contributed by atoms with Crippen molar-refractivity contribution in [3.05, 3.63) is 45.7 Å². The molecule has 6 heteroatoms. The van der Waals surface area contributed by atoms with Crippen molar-refractivity contribution in [3.8, 4) is 0 Å². The fourth-order valence-electron chi connectivity index (χ4n) is 1.46. The minimum absolute atomic E-state index is 0.0881. The number of ketones is 1. The highest BCUT2D eigenvalue weighted by Crippen LogP contribution is 2.20. The van der Waals surface area contributed by atoms with Gasteiger partial charge in [0.1, 0.15) is 0 Å². The first kappa shape index (κ1) is 12.1. The Hall–Kier alpha value is -1.39. The standard InChI is InChI=1S/C11H9Cl2N3O/c1-16-6-10(14-15-16)5-11(17)7-2-8(12)4-9(13)3-7/h2-4,6H,5H2,1H3. The Morgan fingerprint density at radius 2 is 1.94 bits per heavy atom. The lowest BCUT2D eigenvalue weighted by Crippen LogP contribution is -2.04. The van der Waals surface area contributed by atoms with Gasteiger partial charge >= 0.3 is 0 Å². The lowest BCUT2D eigenvalue weighted by Gasteiger charge is -2.00. The highest BCUT2D eigenvalue weighted by Gasteiger charge is 2.11. The molecule has 0 N–H and O–H groups in total. The first-order valence-electron chi connectivity index (χ1n) is 4.89. The molecule has 0 unspecified atom stereocenters. The van der Waals surface area contributed by atoms with Crippen LogP contribution < -0.4 is 0 Å². The molecular formula is C11H9Cl2N3O. The van der Waals surface area contributed by atoms with Crippen molar-refractivity contribution < 1.29 is 4.79 Å². The Balaban J connectivity index is 2.19. The molecule has 0 fully saturated rings. The number of hydrogen-bond acceptors (Lipinski definition) is 3. The van der Waals surface area contributed by atoms with Gasteiger partial charge in [0.15, 0.2) is 5.78 Å². The van der Waals surface area contributed by atoms with Crippen LogP contribution in [0.5, 0.6) is 0 Å². The molecule has 1 heterocycles. The monoisotopic (exact) mass is 269 g/mol. The second kappa shape index (κ2) is 4.85. The summed E-state index contributed by atoms with van der Waals surface area (Å²) in [4.78, 5) is 11.9. The van der Waals surface area contributed by atoms with Crippen molar-refractivity contribution in [2.24, 2.45) is 7.05 Å². The van der Waals surface area contributed by atoms with Crippen LogP contribution in [0.25, 0.3) is 0 Å². The first-order chi connectivity index (χ1) is 8.04. The Labute approximate surface area is 108 Å². The van der Waals surface area contributed by atoms with E-state index >= 15 is 0 Å².